The summed E-state index contributed by atoms with van der Waals surface area (Å²) in [5.74, 6) is 0. The fraction of sp³-hybridized carbons (Fsp3) is 0. The Hall–Kier alpha value is -1.84. The van der Waals surface area contributed by atoms with Crippen molar-refractivity contribution in [1.29, 1.82) is 0 Å². The summed E-state index contributed by atoms with van der Waals surface area (Å²) >= 11 is 0. The van der Waals surface area contributed by atoms with E-state index in [1.54, 1.807) is 12.1 Å². The summed E-state index contributed by atoms with van der Waals surface area (Å²) in [6.45, 7) is 0. The second-order valence-corrected chi connectivity index (χ2v) is 2.67. The standard InChI is InChI=1S/C8H9N3O/c9-5-1-4-7(11)3-12-8(4)2-6(5)10/h1-3H,9-11H2. The lowest BCUT2D eigenvalue weighted by atomic mass is 10.2. The summed E-state index contributed by atoms with van der Waals surface area (Å²) in [5, 5.41) is 0.807. The smallest absolute Gasteiger partial charge is 0.138 e. The zero-order chi connectivity index (χ0) is 8.72. The molecular weight excluding hydrogens is 154 g/mol. The highest BCUT2D eigenvalue weighted by Crippen LogP contribution is 2.28. The highest BCUT2D eigenvalue weighted by atomic mass is 16.3. The Bertz CT molecular complexity index is 433. The van der Waals surface area contributed by atoms with Crippen LogP contribution in [0.5, 0.6) is 0 Å². The van der Waals surface area contributed by atoms with E-state index in [1.165, 1.54) is 6.26 Å². The number of hydrogen-bond donors (Lipinski definition) is 3. The predicted molar refractivity (Wildman–Crippen MR) is 49.5 cm³/mol. The maximum Gasteiger partial charge on any atom is 0.138 e. The average Bonchev–Trinajstić information content (AvgIpc) is 2.35. The molecule has 4 nitrogen and oxygen atoms in total. The van der Waals surface area contributed by atoms with Gasteiger partial charge in [-0.3, -0.25) is 0 Å². The molecule has 2 aromatic rings. The van der Waals surface area contributed by atoms with Crippen LogP contribution in [0.25, 0.3) is 11.0 Å². The van der Waals surface area contributed by atoms with Crippen molar-refractivity contribution in [2.75, 3.05) is 17.2 Å². The Morgan fingerprint density at radius 3 is 2.33 bits per heavy atom. The quantitative estimate of drug-likeness (QED) is 0.508. The maximum atomic E-state index is 5.61. The first-order chi connectivity index (χ1) is 5.68. The number of anilines is 3. The highest BCUT2D eigenvalue weighted by Gasteiger charge is 2.04. The fourth-order valence-electron chi connectivity index (χ4n) is 1.13. The van der Waals surface area contributed by atoms with Crippen molar-refractivity contribution in [3.8, 4) is 0 Å². The Morgan fingerprint density at radius 2 is 1.58 bits per heavy atom. The van der Waals surface area contributed by atoms with E-state index >= 15 is 0 Å². The molecule has 4 heteroatoms. The third kappa shape index (κ3) is 0.780. The molecule has 1 heterocycles. The Labute approximate surface area is 68.9 Å². The lowest BCUT2D eigenvalue weighted by molar-refractivity contribution is 0.617. The van der Waals surface area contributed by atoms with Crippen molar-refractivity contribution >= 4 is 28.0 Å². The molecule has 0 unspecified atom stereocenters. The van der Waals surface area contributed by atoms with Gasteiger partial charge in [0.25, 0.3) is 0 Å². The summed E-state index contributed by atoms with van der Waals surface area (Å²) in [4.78, 5) is 0. The van der Waals surface area contributed by atoms with Gasteiger partial charge in [-0.25, -0.2) is 0 Å². The SMILES string of the molecule is Nc1cc2occ(N)c2cc1N. The van der Waals surface area contributed by atoms with Crippen LogP contribution in [-0.4, -0.2) is 0 Å². The van der Waals surface area contributed by atoms with Crippen LogP contribution in [0.4, 0.5) is 17.1 Å². The van der Waals surface area contributed by atoms with Gasteiger partial charge in [-0.1, -0.05) is 0 Å². The summed E-state index contributed by atoms with van der Waals surface area (Å²) in [6.07, 6.45) is 1.48. The molecule has 0 atom stereocenters. The first-order valence-corrected chi connectivity index (χ1v) is 3.50. The van der Waals surface area contributed by atoms with Gasteiger partial charge in [-0.15, -0.1) is 0 Å². The van der Waals surface area contributed by atoms with E-state index in [1.807, 2.05) is 0 Å². The largest absolute Gasteiger partial charge is 0.462 e. The van der Waals surface area contributed by atoms with Gasteiger partial charge in [0.2, 0.25) is 0 Å². The van der Waals surface area contributed by atoms with Crippen LogP contribution < -0.4 is 17.2 Å². The van der Waals surface area contributed by atoms with Crippen LogP contribution in [0.3, 0.4) is 0 Å². The molecule has 0 spiro atoms. The minimum absolute atomic E-state index is 0.511. The van der Waals surface area contributed by atoms with Gasteiger partial charge in [0.1, 0.15) is 11.8 Å². The molecule has 2 rings (SSSR count). The van der Waals surface area contributed by atoms with Crippen LogP contribution in [0, 0.1) is 0 Å². The lowest BCUT2D eigenvalue weighted by Gasteiger charge is -1.98. The molecule has 6 N–H and O–H groups in total. The van der Waals surface area contributed by atoms with Gasteiger partial charge in [-0.2, -0.15) is 0 Å². The Balaban J connectivity index is 2.87. The molecule has 1 aromatic heterocycles. The van der Waals surface area contributed by atoms with E-state index in [-0.39, 0.29) is 0 Å². The van der Waals surface area contributed by atoms with Crippen molar-refractivity contribution < 1.29 is 4.42 Å². The van der Waals surface area contributed by atoms with Crippen LogP contribution in [0.1, 0.15) is 0 Å². The Morgan fingerprint density at radius 1 is 0.917 bits per heavy atom. The minimum Gasteiger partial charge on any atom is -0.462 e. The van der Waals surface area contributed by atoms with E-state index in [2.05, 4.69) is 0 Å². The third-order valence-electron chi connectivity index (χ3n) is 1.81. The zero-order valence-corrected chi connectivity index (χ0v) is 6.37. The van der Waals surface area contributed by atoms with Gasteiger partial charge in [0.05, 0.1) is 17.1 Å². The van der Waals surface area contributed by atoms with Gasteiger partial charge in [0, 0.05) is 11.5 Å². The van der Waals surface area contributed by atoms with Crippen molar-refractivity contribution in [3.63, 3.8) is 0 Å². The molecule has 0 aliphatic heterocycles. The number of nitrogens with two attached hydrogens (primary N) is 3. The van der Waals surface area contributed by atoms with Crippen molar-refractivity contribution in [1.82, 2.24) is 0 Å². The number of hydrogen-bond acceptors (Lipinski definition) is 4. The molecule has 0 bridgehead atoms. The second kappa shape index (κ2) is 2.07. The van der Waals surface area contributed by atoms with E-state index in [4.69, 9.17) is 21.6 Å². The monoisotopic (exact) mass is 163 g/mol. The molecule has 12 heavy (non-hydrogen) atoms. The first-order valence-electron chi connectivity index (χ1n) is 3.50. The molecule has 0 aliphatic carbocycles. The zero-order valence-electron chi connectivity index (χ0n) is 6.37. The number of furan rings is 1. The summed E-state index contributed by atoms with van der Waals surface area (Å²) in [6, 6.07) is 3.38. The van der Waals surface area contributed by atoms with E-state index in [9.17, 15) is 0 Å². The summed E-state index contributed by atoms with van der Waals surface area (Å²) in [7, 11) is 0. The molecule has 1 aromatic carbocycles. The Kier molecular flexibility index (Phi) is 1.18. The molecule has 0 saturated heterocycles. The molecule has 0 amide bonds. The van der Waals surface area contributed by atoms with Gasteiger partial charge < -0.3 is 21.6 Å². The fourth-order valence-corrected chi connectivity index (χ4v) is 1.13. The summed E-state index contributed by atoms with van der Waals surface area (Å²) in [5.41, 5.74) is 19.0. The van der Waals surface area contributed by atoms with Gasteiger partial charge in [0.15, 0.2) is 0 Å². The number of nitrogen functional groups attached to an aromatic ring is 3. The molecule has 62 valence electrons. The molecule has 0 radical (unpaired) electrons. The minimum atomic E-state index is 0.511. The average molecular weight is 163 g/mol. The van der Waals surface area contributed by atoms with E-state index in [0.717, 1.165) is 5.39 Å². The predicted octanol–water partition coefficient (Wildman–Crippen LogP) is 1.18. The number of benzene rings is 1. The van der Waals surface area contributed by atoms with Gasteiger partial charge in [-0.05, 0) is 6.07 Å². The molecule has 0 aliphatic rings. The first kappa shape index (κ1) is 6.84. The number of fused-ring (bicyclic) bond motifs is 1. The molecular formula is C8H9N3O. The van der Waals surface area contributed by atoms with E-state index < -0.39 is 0 Å². The van der Waals surface area contributed by atoms with Crippen molar-refractivity contribution in [2.45, 2.75) is 0 Å². The van der Waals surface area contributed by atoms with Crippen LogP contribution in [-0.2, 0) is 0 Å². The third-order valence-corrected chi connectivity index (χ3v) is 1.81. The van der Waals surface area contributed by atoms with Crippen LogP contribution in [0.2, 0.25) is 0 Å². The maximum absolute atomic E-state index is 5.61. The topological polar surface area (TPSA) is 91.2 Å². The molecule has 0 fully saturated rings. The van der Waals surface area contributed by atoms with Crippen molar-refractivity contribution in [3.05, 3.63) is 18.4 Å². The van der Waals surface area contributed by atoms with E-state index in [0.29, 0.717) is 22.6 Å². The van der Waals surface area contributed by atoms with Gasteiger partial charge >= 0.3 is 0 Å². The molecule has 0 saturated carbocycles. The normalized spacial score (nSPS) is 10.7. The van der Waals surface area contributed by atoms with Crippen LogP contribution in [0.15, 0.2) is 22.8 Å². The second-order valence-electron chi connectivity index (χ2n) is 2.67. The van der Waals surface area contributed by atoms with Crippen molar-refractivity contribution in [2.24, 2.45) is 0 Å². The van der Waals surface area contributed by atoms with Crippen LogP contribution >= 0.6 is 0 Å². The summed E-state index contributed by atoms with van der Waals surface area (Å²) < 4.78 is 5.12. The highest BCUT2D eigenvalue weighted by molar-refractivity contribution is 5.95. The number of rotatable bonds is 0. The lowest BCUT2D eigenvalue weighted by Crippen LogP contribution is -1.93.